The SMILES string of the molecule is CC(=O)C1C(C(=O)c2c(C(=O)N(C)C)[nH]c3cc(OCc4ccccc4)ccc23)CSN1c1cccnc1. The molecule has 8 nitrogen and oxygen atoms in total. The minimum absolute atomic E-state index is 0.117. The number of ether oxygens (including phenoxy) is 1. The molecule has 0 aliphatic carbocycles. The van der Waals surface area contributed by atoms with E-state index in [1.807, 2.05) is 40.7 Å². The highest BCUT2D eigenvalue weighted by Gasteiger charge is 2.44. The van der Waals surface area contributed by atoms with Crippen LogP contribution >= 0.6 is 11.9 Å². The van der Waals surface area contributed by atoms with Gasteiger partial charge in [-0.1, -0.05) is 30.3 Å². The predicted octanol–water partition coefficient (Wildman–Crippen LogP) is 4.77. The molecule has 0 spiro atoms. The maximum atomic E-state index is 14.1. The van der Waals surface area contributed by atoms with Gasteiger partial charge in [-0.25, -0.2) is 0 Å². The van der Waals surface area contributed by atoms with Crippen LogP contribution in [0.25, 0.3) is 10.9 Å². The van der Waals surface area contributed by atoms with Crippen molar-refractivity contribution in [3.63, 3.8) is 0 Å². The molecule has 194 valence electrons. The van der Waals surface area contributed by atoms with Gasteiger partial charge in [0.2, 0.25) is 0 Å². The molecule has 5 rings (SSSR count). The zero-order valence-electron chi connectivity index (χ0n) is 21.4. The van der Waals surface area contributed by atoms with Gasteiger partial charge in [0.25, 0.3) is 5.91 Å². The summed E-state index contributed by atoms with van der Waals surface area (Å²) in [5.41, 5.74) is 2.93. The van der Waals surface area contributed by atoms with Crippen LogP contribution in [0, 0.1) is 5.92 Å². The van der Waals surface area contributed by atoms with Crippen LogP contribution in [0.2, 0.25) is 0 Å². The highest BCUT2D eigenvalue weighted by Crippen LogP contribution is 2.40. The summed E-state index contributed by atoms with van der Waals surface area (Å²) in [5, 5.41) is 0.624. The molecule has 1 N–H and O–H groups in total. The summed E-state index contributed by atoms with van der Waals surface area (Å²) in [4.78, 5) is 48.9. The smallest absolute Gasteiger partial charge is 0.270 e. The van der Waals surface area contributed by atoms with Gasteiger partial charge in [0, 0.05) is 37.5 Å². The van der Waals surface area contributed by atoms with Gasteiger partial charge in [-0.05, 0) is 48.7 Å². The highest BCUT2D eigenvalue weighted by molar-refractivity contribution is 8.01. The molecular weight excluding hydrogens is 500 g/mol. The van der Waals surface area contributed by atoms with Gasteiger partial charge in [-0.3, -0.25) is 19.4 Å². The number of rotatable bonds is 8. The lowest BCUT2D eigenvalue weighted by atomic mass is 9.88. The second-order valence-corrected chi connectivity index (χ2v) is 10.4. The topological polar surface area (TPSA) is 95.6 Å². The van der Waals surface area contributed by atoms with Crippen molar-refractivity contribution in [1.82, 2.24) is 14.9 Å². The fraction of sp³-hybridized carbons (Fsp3) is 0.241. The normalized spacial score (nSPS) is 17.0. The Bertz CT molecular complexity index is 1490. The Morgan fingerprint density at radius 2 is 1.89 bits per heavy atom. The zero-order chi connectivity index (χ0) is 26.8. The molecule has 38 heavy (non-hydrogen) atoms. The second kappa shape index (κ2) is 10.7. The van der Waals surface area contributed by atoms with Crippen molar-refractivity contribution in [2.45, 2.75) is 19.6 Å². The molecule has 4 aromatic rings. The number of carbonyl (C=O) groups excluding carboxylic acids is 3. The van der Waals surface area contributed by atoms with Crippen molar-refractivity contribution in [1.29, 1.82) is 0 Å². The molecule has 0 bridgehead atoms. The fourth-order valence-electron chi connectivity index (χ4n) is 4.71. The van der Waals surface area contributed by atoms with E-state index in [9.17, 15) is 14.4 Å². The maximum absolute atomic E-state index is 14.1. The Kier molecular flexibility index (Phi) is 7.20. The van der Waals surface area contributed by atoms with Crippen molar-refractivity contribution in [2.24, 2.45) is 5.92 Å². The van der Waals surface area contributed by atoms with E-state index >= 15 is 0 Å². The minimum atomic E-state index is -0.669. The maximum Gasteiger partial charge on any atom is 0.270 e. The molecule has 2 aromatic heterocycles. The summed E-state index contributed by atoms with van der Waals surface area (Å²) in [6.45, 7) is 1.89. The number of hydrogen-bond donors (Lipinski definition) is 1. The van der Waals surface area contributed by atoms with Gasteiger partial charge in [0.05, 0.1) is 28.9 Å². The Hall–Kier alpha value is -4.11. The third-order valence-corrected chi connectivity index (χ3v) is 7.79. The lowest BCUT2D eigenvalue weighted by Crippen LogP contribution is -2.40. The van der Waals surface area contributed by atoms with Crippen molar-refractivity contribution < 1.29 is 19.1 Å². The number of nitrogens with zero attached hydrogens (tertiary/aromatic N) is 3. The van der Waals surface area contributed by atoms with Gasteiger partial charge < -0.3 is 18.9 Å². The van der Waals surface area contributed by atoms with E-state index < -0.39 is 12.0 Å². The number of amides is 1. The number of nitrogens with one attached hydrogen (secondary N) is 1. The number of ketones is 2. The Morgan fingerprint density at radius 1 is 1.11 bits per heavy atom. The molecule has 1 aliphatic rings. The first-order chi connectivity index (χ1) is 18.3. The third kappa shape index (κ3) is 4.89. The monoisotopic (exact) mass is 528 g/mol. The Balaban J connectivity index is 1.51. The molecule has 2 atom stereocenters. The van der Waals surface area contributed by atoms with E-state index in [2.05, 4.69) is 9.97 Å². The molecule has 0 saturated carbocycles. The minimum Gasteiger partial charge on any atom is -0.489 e. The summed E-state index contributed by atoms with van der Waals surface area (Å²) >= 11 is 1.42. The van der Waals surface area contributed by atoms with E-state index in [4.69, 9.17) is 4.74 Å². The molecule has 9 heteroatoms. The van der Waals surface area contributed by atoms with Crippen LogP contribution in [0.1, 0.15) is 33.3 Å². The number of aromatic nitrogens is 2. The standard InChI is InChI=1S/C29H28N4O4S/c1-18(34)27-23(17-38-33(27)20-10-7-13-30-15-20)28(35)25-22-12-11-21(37-16-19-8-5-4-6-9-19)14-24(22)31-26(25)29(36)32(2)3/h4-15,23,27,31H,16-17H2,1-3H3. The van der Waals surface area contributed by atoms with Crippen LogP contribution in [0.3, 0.4) is 0 Å². The fourth-order valence-corrected chi connectivity index (χ4v) is 6.08. The van der Waals surface area contributed by atoms with Crippen molar-refractivity contribution >= 4 is 46.0 Å². The molecule has 3 heterocycles. The number of anilines is 1. The first-order valence-electron chi connectivity index (χ1n) is 12.3. The molecule has 2 unspecified atom stereocenters. The van der Waals surface area contributed by atoms with Crippen LogP contribution in [-0.4, -0.2) is 58.2 Å². The van der Waals surface area contributed by atoms with Gasteiger partial charge in [0.15, 0.2) is 11.6 Å². The first kappa shape index (κ1) is 25.5. The zero-order valence-corrected chi connectivity index (χ0v) is 22.2. The molecule has 0 radical (unpaired) electrons. The number of pyridine rings is 1. The van der Waals surface area contributed by atoms with E-state index in [1.165, 1.54) is 23.8 Å². The van der Waals surface area contributed by atoms with Gasteiger partial charge >= 0.3 is 0 Å². The van der Waals surface area contributed by atoms with Gasteiger partial charge in [-0.15, -0.1) is 0 Å². The summed E-state index contributed by atoms with van der Waals surface area (Å²) in [6.07, 6.45) is 3.35. The van der Waals surface area contributed by atoms with Crippen LogP contribution < -0.4 is 9.04 Å². The Morgan fingerprint density at radius 3 is 2.58 bits per heavy atom. The number of benzene rings is 2. The van der Waals surface area contributed by atoms with E-state index in [0.717, 1.165) is 11.3 Å². The lowest BCUT2D eigenvalue weighted by molar-refractivity contribution is -0.118. The lowest BCUT2D eigenvalue weighted by Gasteiger charge is -2.25. The summed E-state index contributed by atoms with van der Waals surface area (Å²) < 4.78 is 7.83. The highest BCUT2D eigenvalue weighted by atomic mass is 32.2. The number of fused-ring (bicyclic) bond motifs is 1. The largest absolute Gasteiger partial charge is 0.489 e. The van der Waals surface area contributed by atoms with E-state index in [1.54, 1.807) is 50.8 Å². The average molecular weight is 529 g/mol. The number of Topliss-reactive ketones (excluding diaryl/α,β-unsaturated/α-hetero) is 2. The van der Waals surface area contributed by atoms with Crippen molar-refractivity contribution in [3.05, 3.63) is 89.9 Å². The third-order valence-electron chi connectivity index (χ3n) is 6.57. The molecular formula is C29H28N4O4S. The molecule has 2 aromatic carbocycles. The van der Waals surface area contributed by atoms with Crippen LogP contribution in [-0.2, 0) is 11.4 Å². The van der Waals surface area contributed by atoms with Crippen molar-refractivity contribution in [2.75, 3.05) is 24.2 Å². The Labute approximate surface area is 225 Å². The van der Waals surface area contributed by atoms with E-state index in [0.29, 0.717) is 34.6 Å². The number of carbonyl (C=O) groups is 3. The molecule has 1 fully saturated rings. The summed E-state index contributed by atoms with van der Waals surface area (Å²) in [6, 6.07) is 18.2. The van der Waals surface area contributed by atoms with E-state index in [-0.39, 0.29) is 23.2 Å². The predicted molar refractivity (Wildman–Crippen MR) is 149 cm³/mol. The van der Waals surface area contributed by atoms with Crippen LogP contribution in [0.5, 0.6) is 5.75 Å². The van der Waals surface area contributed by atoms with Crippen molar-refractivity contribution in [3.8, 4) is 5.75 Å². The summed E-state index contributed by atoms with van der Waals surface area (Å²) in [5.74, 6) is -0.262. The first-order valence-corrected chi connectivity index (χ1v) is 13.2. The number of H-pyrrole nitrogens is 1. The average Bonchev–Trinajstić information content (AvgIpc) is 3.54. The van der Waals surface area contributed by atoms with Gasteiger partial charge in [-0.2, -0.15) is 0 Å². The molecule has 1 amide bonds. The van der Waals surface area contributed by atoms with Gasteiger partial charge in [0.1, 0.15) is 24.1 Å². The number of aromatic amines is 1. The van der Waals surface area contributed by atoms with Crippen LogP contribution in [0.15, 0.2) is 73.1 Å². The number of hydrogen-bond acceptors (Lipinski definition) is 7. The molecule has 1 aliphatic heterocycles. The molecule has 1 saturated heterocycles. The quantitative estimate of drug-likeness (QED) is 0.260. The van der Waals surface area contributed by atoms with Crippen LogP contribution in [0.4, 0.5) is 5.69 Å². The second-order valence-electron chi connectivity index (χ2n) is 9.42. The summed E-state index contributed by atoms with van der Waals surface area (Å²) in [7, 11) is 3.29.